The van der Waals surface area contributed by atoms with Crippen LogP contribution in [0, 0.1) is 6.92 Å². The van der Waals surface area contributed by atoms with Crippen molar-refractivity contribution in [3.63, 3.8) is 0 Å². The fraction of sp³-hybridized carbons (Fsp3) is 0.375. The van der Waals surface area contributed by atoms with Crippen molar-refractivity contribution in [2.45, 2.75) is 26.3 Å². The van der Waals surface area contributed by atoms with Crippen LogP contribution < -0.4 is 10.1 Å². The molecule has 1 atom stereocenters. The van der Waals surface area contributed by atoms with E-state index in [0.29, 0.717) is 6.04 Å². The summed E-state index contributed by atoms with van der Waals surface area (Å²) in [6.07, 6.45) is 0.967. The third-order valence-corrected chi connectivity index (χ3v) is 4.90. The molecule has 1 heterocycles. The Morgan fingerprint density at radius 3 is 2.75 bits per heavy atom. The van der Waals surface area contributed by atoms with Gasteiger partial charge in [-0.15, -0.1) is 11.3 Å². The van der Waals surface area contributed by atoms with Gasteiger partial charge in [-0.3, -0.25) is 0 Å². The Hall–Kier alpha value is -0.840. The zero-order valence-electron chi connectivity index (χ0n) is 12.1. The van der Waals surface area contributed by atoms with Crippen molar-refractivity contribution in [1.29, 1.82) is 0 Å². The maximum atomic E-state index is 5.30. The minimum absolute atomic E-state index is 0.342. The molecule has 1 aromatic heterocycles. The molecule has 0 fully saturated rings. The van der Waals surface area contributed by atoms with Gasteiger partial charge in [0.1, 0.15) is 5.75 Å². The van der Waals surface area contributed by atoms with Crippen LogP contribution in [0.25, 0.3) is 0 Å². The van der Waals surface area contributed by atoms with Crippen LogP contribution in [0.4, 0.5) is 0 Å². The van der Waals surface area contributed by atoms with E-state index in [1.54, 1.807) is 18.4 Å². The van der Waals surface area contributed by atoms with Crippen molar-refractivity contribution in [3.05, 3.63) is 50.1 Å². The summed E-state index contributed by atoms with van der Waals surface area (Å²) in [7, 11) is 1.71. The van der Waals surface area contributed by atoms with E-state index in [1.807, 2.05) is 12.1 Å². The Bertz CT molecular complexity index is 567. The van der Waals surface area contributed by atoms with Gasteiger partial charge in [-0.25, -0.2) is 0 Å². The van der Waals surface area contributed by atoms with Crippen molar-refractivity contribution < 1.29 is 4.74 Å². The predicted octanol–water partition coefficient (Wildman–Crippen LogP) is 4.72. The Morgan fingerprint density at radius 2 is 2.15 bits per heavy atom. The minimum atomic E-state index is 0.342. The molecule has 0 saturated heterocycles. The highest BCUT2D eigenvalue weighted by molar-refractivity contribution is 9.11. The van der Waals surface area contributed by atoms with Gasteiger partial charge in [0.15, 0.2) is 0 Å². The first kappa shape index (κ1) is 15.5. The van der Waals surface area contributed by atoms with Crippen LogP contribution in [0.1, 0.15) is 29.0 Å². The first-order chi connectivity index (χ1) is 9.63. The summed E-state index contributed by atoms with van der Waals surface area (Å²) in [6.45, 7) is 5.29. The number of halogens is 1. The van der Waals surface area contributed by atoms with E-state index in [2.05, 4.69) is 53.3 Å². The summed E-state index contributed by atoms with van der Waals surface area (Å²) in [5, 5.41) is 3.58. The highest BCUT2D eigenvalue weighted by atomic mass is 79.9. The molecule has 2 nitrogen and oxygen atoms in total. The summed E-state index contributed by atoms with van der Waals surface area (Å²) < 4.78 is 6.50. The molecule has 0 aliphatic carbocycles. The molecule has 20 heavy (non-hydrogen) atoms. The number of likely N-dealkylation sites (N-methyl/N-ethyl adjacent to an activating group) is 1. The molecule has 2 aromatic rings. The molecule has 0 radical (unpaired) electrons. The molecular weight excluding hydrogens is 334 g/mol. The van der Waals surface area contributed by atoms with E-state index in [1.165, 1.54) is 19.8 Å². The van der Waals surface area contributed by atoms with Crippen molar-refractivity contribution in [1.82, 2.24) is 5.32 Å². The summed E-state index contributed by atoms with van der Waals surface area (Å²) in [4.78, 5) is 1.37. The number of hydrogen-bond donors (Lipinski definition) is 1. The quantitative estimate of drug-likeness (QED) is 0.810. The maximum Gasteiger partial charge on any atom is 0.119 e. The summed E-state index contributed by atoms with van der Waals surface area (Å²) in [6, 6.07) is 10.9. The second kappa shape index (κ2) is 7.25. The van der Waals surface area contributed by atoms with Crippen LogP contribution in [0.2, 0.25) is 0 Å². The second-order valence-electron chi connectivity index (χ2n) is 4.73. The van der Waals surface area contributed by atoms with Gasteiger partial charge in [-0.1, -0.05) is 19.1 Å². The fourth-order valence-corrected chi connectivity index (χ4v) is 4.15. The summed E-state index contributed by atoms with van der Waals surface area (Å²) in [5.74, 6) is 0.918. The number of thiophene rings is 1. The van der Waals surface area contributed by atoms with Gasteiger partial charge in [-0.05, 0) is 65.1 Å². The van der Waals surface area contributed by atoms with Crippen molar-refractivity contribution in [2.75, 3.05) is 13.7 Å². The van der Waals surface area contributed by atoms with Crippen LogP contribution in [-0.4, -0.2) is 13.7 Å². The largest absolute Gasteiger partial charge is 0.497 e. The maximum absolute atomic E-state index is 5.30. The van der Waals surface area contributed by atoms with Gasteiger partial charge < -0.3 is 10.1 Å². The normalized spacial score (nSPS) is 12.4. The molecule has 0 amide bonds. The average molecular weight is 354 g/mol. The molecule has 2 rings (SSSR count). The summed E-state index contributed by atoms with van der Waals surface area (Å²) >= 11 is 5.37. The zero-order chi connectivity index (χ0) is 14.5. The smallest absolute Gasteiger partial charge is 0.119 e. The van der Waals surface area contributed by atoms with Crippen LogP contribution in [0.3, 0.4) is 0 Å². The fourth-order valence-electron chi connectivity index (χ4n) is 2.38. The Labute approximate surface area is 133 Å². The predicted molar refractivity (Wildman–Crippen MR) is 89.9 cm³/mol. The average Bonchev–Trinajstić information content (AvgIpc) is 2.77. The van der Waals surface area contributed by atoms with Gasteiger partial charge in [0.25, 0.3) is 0 Å². The Morgan fingerprint density at radius 1 is 1.35 bits per heavy atom. The number of aryl methyl sites for hydroxylation is 1. The van der Waals surface area contributed by atoms with Crippen molar-refractivity contribution in [2.24, 2.45) is 0 Å². The number of methoxy groups -OCH3 is 1. The molecule has 0 saturated carbocycles. The third kappa shape index (κ3) is 3.84. The van der Waals surface area contributed by atoms with Crippen molar-refractivity contribution in [3.8, 4) is 5.75 Å². The van der Waals surface area contributed by atoms with Crippen LogP contribution >= 0.6 is 27.3 Å². The van der Waals surface area contributed by atoms with Gasteiger partial charge >= 0.3 is 0 Å². The first-order valence-electron chi connectivity index (χ1n) is 6.76. The van der Waals surface area contributed by atoms with Gasteiger partial charge in [0, 0.05) is 10.9 Å². The van der Waals surface area contributed by atoms with Crippen LogP contribution in [0.5, 0.6) is 5.75 Å². The number of nitrogens with one attached hydrogen (secondary N) is 1. The Kier molecular flexibility index (Phi) is 5.64. The van der Waals surface area contributed by atoms with Gasteiger partial charge in [-0.2, -0.15) is 0 Å². The SMILES string of the molecule is CCNC(Cc1cccc(OC)c1)c1cc(Br)sc1C. The van der Waals surface area contributed by atoms with E-state index in [-0.39, 0.29) is 0 Å². The van der Waals surface area contributed by atoms with Gasteiger partial charge in [0.2, 0.25) is 0 Å². The molecule has 0 aliphatic heterocycles. The molecule has 1 aromatic carbocycles. The topological polar surface area (TPSA) is 21.3 Å². The van der Waals surface area contributed by atoms with Gasteiger partial charge in [0.05, 0.1) is 10.9 Å². The molecule has 4 heteroatoms. The summed E-state index contributed by atoms with van der Waals surface area (Å²) in [5.41, 5.74) is 2.67. The lowest BCUT2D eigenvalue weighted by Crippen LogP contribution is -2.23. The van der Waals surface area contributed by atoms with Crippen LogP contribution in [0.15, 0.2) is 34.1 Å². The lowest BCUT2D eigenvalue weighted by atomic mass is 9.99. The highest BCUT2D eigenvalue weighted by Gasteiger charge is 2.16. The third-order valence-electron chi connectivity index (χ3n) is 3.33. The van der Waals surface area contributed by atoms with Crippen molar-refractivity contribution >= 4 is 27.3 Å². The molecule has 1 unspecified atom stereocenters. The standard InChI is InChI=1S/C16H20BrNOS/c1-4-18-15(14-10-16(17)20-11(14)2)9-12-6-5-7-13(8-12)19-3/h5-8,10,15,18H,4,9H2,1-3H3. The number of rotatable bonds is 6. The molecule has 0 spiro atoms. The molecular formula is C16H20BrNOS. The highest BCUT2D eigenvalue weighted by Crippen LogP contribution is 2.32. The second-order valence-corrected chi connectivity index (χ2v) is 7.36. The molecule has 0 aliphatic rings. The molecule has 1 N–H and O–H groups in total. The van der Waals surface area contributed by atoms with E-state index in [9.17, 15) is 0 Å². The Balaban J connectivity index is 2.22. The lowest BCUT2D eigenvalue weighted by Gasteiger charge is -2.18. The van der Waals surface area contributed by atoms with E-state index in [0.717, 1.165) is 18.7 Å². The lowest BCUT2D eigenvalue weighted by molar-refractivity contribution is 0.414. The zero-order valence-corrected chi connectivity index (χ0v) is 14.5. The van der Waals surface area contributed by atoms with E-state index < -0.39 is 0 Å². The monoisotopic (exact) mass is 353 g/mol. The van der Waals surface area contributed by atoms with E-state index >= 15 is 0 Å². The molecule has 108 valence electrons. The number of hydrogen-bond acceptors (Lipinski definition) is 3. The van der Waals surface area contributed by atoms with Crippen LogP contribution in [-0.2, 0) is 6.42 Å². The van der Waals surface area contributed by atoms with E-state index in [4.69, 9.17) is 4.74 Å². The number of ether oxygens (including phenoxy) is 1. The minimum Gasteiger partial charge on any atom is -0.497 e. The number of benzene rings is 1. The first-order valence-corrected chi connectivity index (χ1v) is 8.37. The molecule has 0 bridgehead atoms.